The topological polar surface area (TPSA) is 102 Å². The van der Waals surface area contributed by atoms with Gasteiger partial charge in [0.25, 0.3) is 0 Å². The van der Waals surface area contributed by atoms with Gasteiger partial charge in [-0.1, -0.05) is 62.3 Å². The van der Waals surface area contributed by atoms with Crippen LogP contribution in [0.5, 0.6) is 0 Å². The van der Waals surface area contributed by atoms with Crippen LogP contribution in [-0.4, -0.2) is 88.8 Å². The van der Waals surface area contributed by atoms with Crippen LogP contribution >= 0.6 is 0 Å². The van der Waals surface area contributed by atoms with Crippen LogP contribution in [-0.2, 0) is 28.8 Å². The van der Waals surface area contributed by atoms with Crippen molar-refractivity contribution in [3.05, 3.63) is 19.3 Å². The molecule has 0 aromatic heterocycles. The smallest absolute Gasteiger partial charge is 0.333 e. The van der Waals surface area contributed by atoms with E-state index in [1.54, 1.807) is 0 Å². The quantitative estimate of drug-likeness (QED) is 0.110. The van der Waals surface area contributed by atoms with Crippen molar-refractivity contribution in [2.45, 2.75) is 116 Å². The van der Waals surface area contributed by atoms with Crippen LogP contribution in [0.3, 0.4) is 0 Å². The molecule has 0 saturated carbocycles. The Labute approximate surface area is 347 Å². The first kappa shape index (κ1) is 62.2. The van der Waals surface area contributed by atoms with E-state index >= 15 is 0 Å². The first-order chi connectivity index (χ1) is 24.1. The Morgan fingerprint density at radius 1 is 0.276 bits per heavy atom. The standard InChI is InChI=1S/3C10H10F7O2.Nd/c3*1-7(2,3)5(18)4-6(19)8(11,12)9(13,14)10(15,16)17;/h3*4H,1-3H3;/q3*-1;+3. The van der Waals surface area contributed by atoms with E-state index in [1.165, 1.54) is 62.3 Å². The Hall–Kier alpha value is -2.49. The summed E-state index contributed by atoms with van der Waals surface area (Å²) in [5.74, 6) is -50.2. The van der Waals surface area contributed by atoms with Gasteiger partial charge in [-0.15, -0.1) is 0 Å². The molecule has 0 unspecified atom stereocenters. The van der Waals surface area contributed by atoms with Crippen LogP contribution in [0.2, 0.25) is 0 Å². The molecule has 6 nitrogen and oxygen atoms in total. The number of hydrogen-bond acceptors (Lipinski definition) is 6. The molecule has 0 aromatic rings. The van der Waals surface area contributed by atoms with E-state index in [0.717, 1.165) is 0 Å². The SMILES string of the molecule is CC(C)(C)C(=O)[CH-]C(=O)C(F)(F)C(F)(F)C(F)(F)F.CC(C)(C)C(=O)[CH-]C(=O)C(F)(F)C(F)(F)C(F)(F)F.CC(C)(C)C(=O)[CH-]C(=O)C(F)(F)C(F)(F)C(F)(F)F.[Nd+3]. The number of Topliss-reactive ketones (excluding diaryl/α,β-unsaturated/α-hetero) is 6. The molecule has 0 atom stereocenters. The summed E-state index contributed by atoms with van der Waals surface area (Å²) in [5, 5.41) is 0. The molecule has 1 radical (unpaired) electrons. The first-order valence-corrected chi connectivity index (χ1v) is 14.4. The van der Waals surface area contributed by atoms with Crippen LogP contribution in [0.4, 0.5) is 92.2 Å². The van der Waals surface area contributed by atoms with Gasteiger partial charge in [-0.05, 0) is 16.2 Å². The van der Waals surface area contributed by atoms with E-state index < -0.39 is 124 Å². The average molecular weight is 1030 g/mol. The van der Waals surface area contributed by atoms with Crippen molar-refractivity contribution < 1.29 is 162 Å². The molecular weight excluding hydrogens is 1000 g/mol. The Morgan fingerprint density at radius 2 is 0.397 bits per heavy atom. The Bertz CT molecular complexity index is 1310. The molecule has 0 heterocycles. The fourth-order valence-electron chi connectivity index (χ4n) is 2.28. The minimum absolute atomic E-state index is 0. The summed E-state index contributed by atoms with van der Waals surface area (Å²) in [4.78, 5) is 65.9. The number of hydrogen-bond donors (Lipinski definition) is 0. The Morgan fingerprint density at radius 3 is 0.483 bits per heavy atom. The maximum atomic E-state index is 12.8. The maximum absolute atomic E-state index is 12.8. The molecule has 0 rings (SSSR count). The average Bonchev–Trinajstić information content (AvgIpc) is 2.93. The van der Waals surface area contributed by atoms with Crippen LogP contribution in [0.25, 0.3) is 0 Å². The van der Waals surface area contributed by atoms with Crippen LogP contribution < -0.4 is 0 Å². The fourth-order valence-corrected chi connectivity index (χ4v) is 2.28. The third-order valence-electron chi connectivity index (χ3n) is 6.18. The summed E-state index contributed by atoms with van der Waals surface area (Å²) in [7, 11) is 0. The maximum Gasteiger partial charge on any atom is 3.00 e. The van der Waals surface area contributed by atoms with E-state index in [1.807, 2.05) is 0 Å². The number of carbonyl (C=O) groups is 6. The van der Waals surface area contributed by atoms with E-state index in [0.29, 0.717) is 0 Å². The fraction of sp³-hybridized carbons (Fsp3) is 0.700. The largest absolute Gasteiger partial charge is 3.00 e. The van der Waals surface area contributed by atoms with Crippen molar-refractivity contribution in [3.8, 4) is 0 Å². The van der Waals surface area contributed by atoms with Crippen molar-refractivity contribution in [2.24, 2.45) is 16.2 Å². The predicted octanol–water partition coefficient (Wildman–Crippen LogP) is 9.62. The minimum atomic E-state index is -6.61. The van der Waals surface area contributed by atoms with E-state index in [4.69, 9.17) is 0 Å². The molecule has 0 aromatic carbocycles. The molecule has 58 heavy (non-hydrogen) atoms. The first-order valence-electron chi connectivity index (χ1n) is 14.4. The summed E-state index contributed by atoms with van der Waals surface area (Å²) in [5.41, 5.74) is -4.09. The van der Waals surface area contributed by atoms with Crippen LogP contribution in [0, 0.1) is 76.3 Å². The molecule has 0 amide bonds. The van der Waals surface area contributed by atoms with Gasteiger partial charge in [0.15, 0.2) is 0 Å². The molecule has 0 aliphatic heterocycles. The molecule has 337 valence electrons. The summed E-state index contributed by atoms with van der Waals surface area (Å²) in [6, 6.07) is 0. The van der Waals surface area contributed by atoms with Gasteiger partial charge in [0.05, 0.1) is 17.3 Å². The van der Waals surface area contributed by atoms with E-state index in [-0.39, 0.29) is 40.8 Å². The summed E-state index contributed by atoms with van der Waals surface area (Å²) in [6.07, 6.45) is -21.1. The third kappa shape index (κ3) is 14.9. The van der Waals surface area contributed by atoms with Crippen molar-refractivity contribution in [2.75, 3.05) is 0 Å². The van der Waals surface area contributed by atoms with Crippen molar-refractivity contribution in [1.29, 1.82) is 0 Å². The molecule has 0 N–H and O–H groups in total. The van der Waals surface area contributed by atoms with E-state index in [9.17, 15) is 121 Å². The summed E-state index contributed by atoms with van der Waals surface area (Å²) < 4.78 is 258. The van der Waals surface area contributed by atoms with Gasteiger partial charge in [0.2, 0.25) is 0 Å². The molecule has 28 heteroatoms. The van der Waals surface area contributed by atoms with Crippen LogP contribution in [0.15, 0.2) is 0 Å². The zero-order valence-electron chi connectivity index (χ0n) is 30.6. The molecule has 0 spiro atoms. The number of rotatable bonds is 12. The molecule has 0 aliphatic rings. The molecule has 0 bridgehead atoms. The number of ketones is 6. The second-order valence-corrected chi connectivity index (χ2v) is 14.3. The second-order valence-electron chi connectivity index (χ2n) is 14.3. The third-order valence-corrected chi connectivity index (χ3v) is 6.18. The van der Waals surface area contributed by atoms with Crippen molar-refractivity contribution in [3.63, 3.8) is 0 Å². The monoisotopic (exact) mass is 1030 g/mol. The normalized spacial score (nSPS) is 14.0. The Kier molecular flexibility index (Phi) is 20.4. The zero-order valence-corrected chi connectivity index (χ0v) is 33.8. The van der Waals surface area contributed by atoms with E-state index in [2.05, 4.69) is 0 Å². The van der Waals surface area contributed by atoms with Gasteiger partial charge in [-0.25, -0.2) is 0 Å². The van der Waals surface area contributed by atoms with Gasteiger partial charge in [-0.2, -0.15) is 92.2 Å². The van der Waals surface area contributed by atoms with Gasteiger partial charge in [0, 0.05) is 17.3 Å². The summed E-state index contributed by atoms with van der Waals surface area (Å²) >= 11 is 0. The summed E-state index contributed by atoms with van der Waals surface area (Å²) in [6.45, 7) is 10.6. The van der Waals surface area contributed by atoms with Gasteiger partial charge in [0.1, 0.15) is 0 Å². The number of halogens is 21. The minimum Gasteiger partial charge on any atom is -0.333 e. The zero-order chi connectivity index (χ0) is 47.6. The predicted molar refractivity (Wildman–Crippen MR) is 149 cm³/mol. The molecule has 0 saturated heterocycles. The molecular formula is C30H30F21NdO6. The van der Waals surface area contributed by atoms with Gasteiger partial charge < -0.3 is 28.8 Å². The number of alkyl halides is 21. The van der Waals surface area contributed by atoms with Crippen LogP contribution in [0.1, 0.15) is 62.3 Å². The van der Waals surface area contributed by atoms with Gasteiger partial charge in [-0.3, -0.25) is 19.3 Å². The molecule has 0 aliphatic carbocycles. The van der Waals surface area contributed by atoms with Crippen molar-refractivity contribution >= 4 is 34.7 Å². The Balaban J connectivity index is -0.000000374. The number of carbonyl (C=O) groups excluding carboxylic acids is 6. The van der Waals surface area contributed by atoms with Crippen molar-refractivity contribution in [1.82, 2.24) is 0 Å². The second kappa shape index (κ2) is 19.1. The molecule has 0 fully saturated rings. The van der Waals surface area contributed by atoms with Gasteiger partial charge >= 0.3 is 94.9 Å².